The van der Waals surface area contributed by atoms with Gasteiger partial charge in [0.2, 0.25) is 0 Å². The van der Waals surface area contributed by atoms with Gasteiger partial charge in [-0.05, 0) is 22.0 Å². The summed E-state index contributed by atoms with van der Waals surface area (Å²) in [6.07, 6.45) is -3.15. The van der Waals surface area contributed by atoms with Gasteiger partial charge in [-0.15, -0.1) is 5.10 Å². The van der Waals surface area contributed by atoms with Crippen LogP contribution in [-0.2, 0) is 6.54 Å². The van der Waals surface area contributed by atoms with E-state index in [9.17, 15) is 17.6 Å². The van der Waals surface area contributed by atoms with Crippen LogP contribution in [0.15, 0.2) is 16.7 Å². The molecule has 2 rings (SSSR count). The number of fused-ring (bicyclic) bond motifs is 1. The Balaban J connectivity index is 2.57. The first-order valence-electron chi connectivity index (χ1n) is 4.11. The third-order valence-electron chi connectivity index (χ3n) is 1.85. The molecule has 8 heteroatoms. The number of rotatable bonds is 1. The summed E-state index contributed by atoms with van der Waals surface area (Å²) in [4.78, 5) is 3.66. The highest BCUT2D eigenvalue weighted by molar-refractivity contribution is 9.10. The van der Waals surface area contributed by atoms with Gasteiger partial charge in [-0.3, -0.25) is 4.68 Å². The minimum absolute atomic E-state index is 0.00389. The van der Waals surface area contributed by atoms with Crippen molar-refractivity contribution in [3.8, 4) is 0 Å². The second kappa shape index (κ2) is 3.69. The molecule has 0 spiro atoms. The van der Waals surface area contributed by atoms with Crippen molar-refractivity contribution in [2.75, 3.05) is 0 Å². The lowest BCUT2D eigenvalue weighted by molar-refractivity contribution is -0.142. The topological polar surface area (TPSA) is 30.7 Å². The van der Waals surface area contributed by atoms with Gasteiger partial charge in [0.05, 0.1) is 5.52 Å². The zero-order valence-electron chi connectivity index (χ0n) is 7.59. The Labute approximate surface area is 95.2 Å². The molecule has 0 bridgehead atoms. The van der Waals surface area contributed by atoms with Gasteiger partial charge in [0.1, 0.15) is 12.1 Å². The second-order valence-electron chi connectivity index (χ2n) is 3.08. The molecule has 2 aromatic rings. The summed E-state index contributed by atoms with van der Waals surface area (Å²) < 4.78 is 50.6. The molecule has 0 aliphatic carbocycles. The average molecular weight is 298 g/mol. The van der Waals surface area contributed by atoms with Crippen LogP contribution in [0.25, 0.3) is 11.0 Å². The standard InChI is InChI=1S/C8H4BrF4N3/c9-4-1-5-6(14-2-4)7(10)15-16(5)3-8(11,12)13/h1-2H,3H2. The van der Waals surface area contributed by atoms with Crippen molar-refractivity contribution in [3.63, 3.8) is 0 Å². The van der Waals surface area contributed by atoms with Crippen molar-refractivity contribution in [2.45, 2.75) is 12.7 Å². The van der Waals surface area contributed by atoms with Crippen LogP contribution in [0.3, 0.4) is 0 Å². The highest BCUT2D eigenvalue weighted by Gasteiger charge is 2.30. The maximum absolute atomic E-state index is 13.1. The highest BCUT2D eigenvalue weighted by atomic mass is 79.9. The minimum Gasteiger partial charge on any atom is -0.251 e. The first-order valence-corrected chi connectivity index (χ1v) is 4.90. The molecule has 2 heterocycles. The molecule has 2 aromatic heterocycles. The number of aromatic nitrogens is 3. The summed E-state index contributed by atoms with van der Waals surface area (Å²) in [7, 11) is 0. The Morgan fingerprint density at radius 3 is 2.69 bits per heavy atom. The van der Waals surface area contributed by atoms with Gasteiger partial charge in [0, 0.05) is 10.7 Å². The molecule has 0 unspecified atom stereocenters. The number of pyridine rings is 1. The van der Waals surface area contributed by atoms with Gasteiger partial charge in [-0.25, -0.2) is 4.98 Å². The van der Waals surface area contributed by atoms with Gasteiger partial charge in [-0.1, -0.05) is 0 Å². The van der Waals surface area contributed by atoms with E-state index in [1.54, 1.807) is 0 Å². The number of halogens is 5. The third kappa shape index (κ3) is 2.16. The van der Waals surface area contributed by atoms with Crippen LogP contribution in [0.1, 0.15) is 0 Å². The monoisotopic (exact) mass is 297 g/mol. The smallest absolute Gasteiger partial charge is 0.251 e. The summed E-state index contributed by atoms with van der Waals surface area (Å²) in [6.45, 7) is -1.34. The maximum Gasteiger partial charge on any atom is 0.408 e. The van der Waals surface area contributed by atoms with Gasteiger partial charge < -0.3 is 0 Å². The van der Waals surface area contributed by atoms with Gasteiger partial charge >= 0.3 is 6.18 Å². The summed E-state index contributed by atoms with van der Waals surface area (Å²) in [6, 6.07) is 1.34. The van der Waals surface area contributed by atoms with Crippen molar-refractivity contribution in [3.05, 3.63) is 22.7 Å². The first-order chi connectivity index (χ1) is 7.37. The molecular weight excluding hydrogens is 294 g/mol. The molecule has 0 aromatic carbocycles. The molecular formula is C8H4BrF4N3. The molecule has 0 N–H and O–H groups in total. The molecule has 0 saturated heterocycles. The number of alkyl halides is 3. The van der Waals surface area contributed by atoms with E-state index in [0.29, 0.717) is 9.15 Å². The minimum atomic E-state index is -4.45. The summed E-state index contributed by atoms with van der Waals surface area (Å²) >= 11 is 3.05. The van der Waals surface area contributed by atoms with Crippen LogP contribution in [-0.4, -0.2) is 20.9 Å². The first kappa shape index (κ1) is 11.3. The zero-order valence-corrected chi connectivity index (χ0v) is 9.18. The lowest BCUT2D eigenvalue weighted by atomic mass is 10.4. The number of nitrogens with zero attached hydrogens (tertiary/aromatic N) is 3. The second-order valence-corrected chi connectivity index (χ2v) is 4.00. The number of hydrogen-bond donors (Lipinski definition) is 0. The van der Waals surface area contributed by atoms with E-state index in [-0.39, 0.29) is 11.0 Å². The molecule has 16 heavy (non-hydrogen) atoms. The fraction of sp³-hybridized carbons (Fsp3) is 0.250. The molecule has 86 valence electrons. The SMILES string of the molecule is Fc1nn(CC(F)(F)F)c2cc(Br)cnc12. The lowest BCUT2D eigenvalue weighted by Gasteiger charge is -2.06. The van der Waals surface area contributed by atoms with Crippen LogP contribution < -0.4 is 0 Å². The molecule has 0 saturated carbocycles. The Hall–Kier alpha value is -1.18. The molecule has 0 fully saturated rings. The van der Waals surface area contributed by atoms with Gasteiger partial charge in [0.25, 0.3) is 5.95 Å². The Bertz CT molecular complexity index is 534. The zero-order chi connectivity index (χ0) is 11.9. The third-order valence-corrected chi connectivity index (χ3v) is 2.28. The van der Waals surface area contributed by atoms with Crippen molar-refractivity contribution < 1.29 is 17.6 Å². The highest BCUT2D eigenvalue weighted by Crippen LogP contribution is 2.23. The summed E-state index contributed by atoms with van der Waals surface area (Å²) in [5.74, 6) is -1.01. The van der Waals surface area contributed by atoms with Gasteiger partial charge in [0.15, 0.2) is 0 Å². The van der Waals surface area contributed by atoms with Crippen LogP contribution in [0.2, 0.25) is 0 Å². The van der Waals surface area contributed by atoms with Gasteiger partial charge in [-0.2, -0.15) is 17.6 Å². The average Bonchev–Trinajstić information content (AvgIpc) is 2.40. The normalized spacial score (nSPS) is 12.3. The van der Waals surface area contributed by atoms with Crippen molar-refractivity contribution >= 4 is 27.0 Å². The number of hydrogen-bond acceptors (Lipinski definition) is 2. The fourth-order valence-corrected chi connectivity index (χ4v) is 1.60. The van der Waals surface area contributed by atoms with Crippen molar-refractivity contribution in [2.24, 2.45) is 0 Å². The van der Waals surface area contributed by atoms with E-state index >= 15 is 0 Å². The van der Waals surface area contributed by atoms with Crippen molar-refractivity contribution in [1.29, 1.82) is 0 Å². The molecule has 3 nitrogen and oxygen atoms in total. The van der Waals surface area contributed by atoms with E-state index in [2.05, 4.69) is 26.0 Å². The van der Waals surface area contributed by atoms with Crippen LogP contribution >= 0.6 is 15.9 Å². The van der Waals surface area contributed by atoms with E-state index < -0.39 is 18.7 Å². The van der Waals surface area contributed by atoms with E-state index in [0.717, 1.165) is 0 Å². The van der Waals surface area contributed by atoms with Crippen molar-refractivity contribution in [1.82, 2.24) is 14.8 Å². The van der Waals surface area contributed by atoms with Crippen LogP contribution in [0.4, 0.5) is 17.6 Å². The lowest BCUT2D eigenvalue weighted by Crippen LogP contribution is -2.18. The predicted octanol–water partition coefficient (Wildman–Crippen LogP) is 2.90. The summed E-state index contributed by atoms with van der Waals surface area (Å²) in [5, 5.41) is 3.16. The largest absolute Gasteiger partial charge is 0.408 e. The van der Waals surface area contributed by atoms with E-state index in [4.69, 9.17) is 0 Å². The molecule has 0 atom stereocenters. The molecule has 0 radical (unpaired) electrons. The van der Waals surface area contributed by atoms with E-state index in [1.807, 2.05) is 0 Å². The van der Waals surface area contributed by atoms with E-state index in [1.165, 1.54) is 12.3 Å². The summed E-state index contributed by atoms with van der Waals surface area (Å²) in [5.41, 5.74) is -0.170. The Morgan fingerprint density at radius 1 is 1.38 bits per heavy atom. The van der Waals surface area contributed by atoms with Crippen LogP contribution in [0, 0.1) is 5.95 Å². The van der Waals surface area contributed by atoms with Crippen LogP contribution in [0.5, 0.6) is 0 Å². The molecule has 0 aliphatic rings. The quantitative estimate of drug-likeness (QED) is 0.758. The molecule has 0 aliphatic heterocycles. The Kier molecular flexibility index (Phi) is 2.61. The molecule has 0 amide bonds. The predicted molar refractivity (Wildman–Crippen MR) is 51.2 cm³/mol. The maximum atomic E-state index is 13.1. The Morgan fingerprint density at radius 2 is 2.06 bits per heavy atom. The fourth-order valence-electron chi connectivity index (χ4n) is 1.28.